The first-order valence-corrected chi connectivity index (χ1v) is 9.78. The molecule has 0 atom stereocenters. The first-order valence-electron chi connectivity index (χ1n) is 9.05. The lowest BCUT2D eigenvalue weighted by molar-refractivity contribution is -0.131. The number of piperidine rings is 1. The number of carbonyl (C=O) groups is 2. The molecule has 2 fully saturated rings. The van der Waals surface area contributed by atoms with Crippen molar-refractivity contribution in [1.29, 1.82) is 0 Å². The molecule has 0 saturated carbocycles. The molecule has 2 aliphatic heterocycles. The lowest BCUT2D eigenvalue weighted by atomic mass is 9.90. The van der Waals surface area contributed by atoms with Gasteiger partial charge in [-0.25, -0.2) is 0 Å². The van der Waals surface area contributed by atoms with E-state index in [0.717, 1.165) is 31.1 Å². The lowest BCUT2D eigenvalue weighted by Crippen LogP contribution is -2.53. The fourth-order valence-corrected chi connectivity index (χ4v) is 4.06. The first-order chi connectivity index (χ1) is 12.4. The molecule has 2 aliphatic rings. The third kappa shape index (κ3) is 4.21. The maximum absolute atomic E-state index is 12.6. The molecule has 144 valence electrons. The molecular weight excluding hydrogens is 354 g/mol. The number of rotatable bonds is 4. The van der Waals surface area contributed by atoms with E-state index in [0.29, 0.717) is 50.6 Å². The van der Waals surface area contributed by atoms with Crippen LogP contribution in [-0.4, -0.2) is 94.3 Å². The third-order valence-corrected chi connectivity index (χ3v) is 5.81. The summed E-state index contributed by atoms with van der Waals surface area (Å²) in [5, 5.41) is 0. The number of hydrogen-bond acceptors (Lipinski definition) is 7. The lowest BCUT2D eigenvalue weighted by Gasteiger charge is -2.42. The average molecular weight is 382 g/mol. The average Bonchev–Trinajstić information content (AvgIpc) is 2.97. The number of likely N-dealkylation sites (tertiary alicyclic amines) is 1. The second-order valence-corrected chi connectivity index (χ2v) is 7.92. The van der Waals surface area contributed by atoms with Gasteiger partial charge in [-0.1, -0.05) is 0 Å². The normalized spacial score (nSPS) is 20.7. The molecule has 2 saturated heterocycles. The van der Waals surface area contributed by atoms with Crippen LogP contribution < -0.4 is 0 Å². The largest absolute Gasteiger partial charge is 0.372 e. The van der Waals surface area contributed by atoms with Crippen LogP contribution in [0.3, 0.4) is 0 Å². The van der Waals surface area contributed by atoms with Crippen LogP contribution in [0.5, 0.6) is 0 Å². The number of likely N-dealkylation sites (N-methyl/N-ethyl adjacent to an activating group) is 1. The molecule has 8 nitrogen and oxygen atoms in total. The van der Waals surface area contributed by atoms with Crippen LogP contribution in [0, 0.1) is 6.92 Å². The van der Waals surface area contributed by atoms with Crippen LogP contribution >= 0.6 is 11.7 Å². The fraction of sp³-hybridized carbons (Fsp3) is 0.765. The molecule has 26 heavy (non-hydrogen) atoms. The van der Waals surface area contributed by atoms with Gasteiger partial charge in [0.25, 0.3) is 5.91 Å². The van der Waals surface area contributed by atoms with E-state index < -0.39 is 0 Å². The van der Waals surface area contributed by atoms with Crippen LogP contribution in [0.2, 0.25) is 0 Å². The summed E-state index contributed by atoms with van der Waals surface area (Å²) in [4.78, 5) is 30.8. The van der Waals surface area contributed by atoms with Crippen molar-refractivity contribution in [2.45, 2.75) is 31.8 Å². The standard InChI is InChI=1S/C17H27N5O3S/c1-13-15(19-26-18-13)16(24)21-7-5-17(6-8-21)12-22(10-9-20(2)3)14(23)4-11-25-17/h4-12H2,1-3H3. The Kier molecular flexibility index (Phi) is 5.89. The summed E-state index contributed by atoms with van der Waals surface area (Å²) < 4.78 is 14.4. The Bertz CT molecular complexity index is 655. The van der Waals surface area contributed by atoms with E-state index >= 15 is 0 Å². The van der Waals surface area contributed by atoms with E-state index in [9.17, 15) is 9.59 Å². The Hall–Kier alpha value is -1.58. The van der Waals surface area contributed by atoms with E-state index in [1.54, 1.807) is 0 Å². The summed E-state index contributed by atoms with van der Waals surface area (Å²) >= 11 is 1.07. The topological polar surface area (TPSA) is 78.9 Å². The second-order valence-electron chi connectivity index (χ2n) is 7.39. The number of amides is 2. The van der Waals surface area contributed by atoms with E-state index in [1.807, 2.05) is 30.8 Å². The number of aromatic nitrogens is 2. The van der Waals surface area contributed by atoms with Crippen LogP contribution in [0.25, 0.3) is 0 Å². The van der Waals surface area contributed by atoms with Gasteiger partial charge in [-0.05, 0) is 33.9 Å². The van der Waals surface area contributed by atoms with Crippen molar-refractivity contribution in [2.24, 2.45) is 0 Å². The number of aryl methyl sites for hydroxylation is 1. The molecule has 0 aliphatic carbocycles. The highest BCUT2D eigenvalue weighted by atomic mass is 32.1. The summed E-state index contributed by atoms with van der Waals surface area (Å²) in [7, 11) is 4.02. The summed E-state index contributed by atoms with van der Waals surface area (Å²) in [5.74, 6) is 0.103. The number of nitrogens with zero attached hydrogens (tertiary/aromatic N) is 5. The van der Waals surface area contributed by atoms with E-state index in [1.165, 1.54) is 0 Å². The van der Waals surface area contributed by atoms with Gasteiger partial charge in [0.1, 0.15) is 0 Å². The molecule has 3 heterocycles. The minimum Gasteiger partial charge on any atom is -0.372 e. The maximum Gasteiger partial charge on any atom is 0.275 e. The van der Waals surface area contributed by atoms with Gasteiger partial charge in [-0.15, -0.1) is 0 Å². The van der Waals surface area contributed by atoms with Crippen molar-refractivity contribution in [3.8, 4) is 0 Å². The van der Waals surface area contributed by atoms with Crippen molar-refractivity contribution < 1.29 is 14.3 Å². The Morgan fingerprint density at radius 3 is 2.65 bits per heavy atom. The Morgan fingerprint density at radius 1 is 1.31 bits per heavy atom. The first kappa shape index (κ1) is 19.2. The highest BCUT2D eigenvalue weighted by Gasteiger charge is 2.41. The monoisotopic (exact) mass is 381 g/mol. The molecule has 9 heteroatoms. The van der Waals surface area contributed by atoms with Gasteiger partial charge in [-0.2, -0.15) is 8.75 Å². The van der Waals surface area contributed by atoms with Crippen molar-refractivity contribution in [1.82, 2.24) is 23.4 Å². The zero-order valence-corrected chi connectivity index (χ0v) is 16.5. The highest BCUT2D eigenvalue weighted by molar-refractivity contribution is 6.99. The Morgan fingerprint density at radius 2 is 2.04 bits per heavy atom. The van der Waals surface area contributed by atoms with Crippen LogP contribution in [0.1, 0.15) is 35.4 Å². The predicted octanol–water partition coefficient (Wildman–Crippen LogP) is 0.632. The van der Waals surface area contributed by atoms with E-state index in [2.05, 4.69) is 13.6 Å². The van der Waals surface area contributed by atoms with Gasteiger partial charge in [0.15, 0.2) is 5.69 Å². The molecule has 1 spiro atoms. The van der Waals surface area contributed by atoms with Gasteiger partial charge >= 0.3 is 0 Å². The van der Waals surface area contributed by atoms with Gasteiger partial charge < -0.3 is 19.4 Å². The number of hydrogen-bond donors (Lipinski definition) is 0. The molecule has 0 bridgehead atoms. The number of carbonyl (C=O) groups excluding carboxylic acids is 2. The molecule has 2 amide bonds. The zero-order chi connectivity index (χ0) is 18.7. The summed E-state index contributed by atoms with van der Waals surface area (Å²) in [6.45, 7) is 5.66. The van der Waals surface area contributed by atoms with Crippen LogP contribution in [-0.2, 0) is 9.53 Å². The molecule has 0 radical (unpaired) electrons. The Balaban J connectivity index is 1.63. The Labute approximate surface area is 158 Å². The minimum absolute atomic E-state index is 0.0553. The van der Waals surface area contributed by atoms with E-state index in [-0.39, 0.29) is 17.4 Å². The maximum atomic E-state index is 12.6. The van der Waals surface area contributed by atoms with Crippen molar-refractivity contribution >= 4 is 23.5 Å². The predicted molar refractivity (Wildman–Crippen MR) is 98.2 cm³/mol. The van der Waals surface area contributed by atoms with Gasteiger partial charge in [0.2, 0.25) is 5.91 Å². The van der Waals surface area contributed by atoms with Gasteiger partial charge in [0, 0.05) is 32.7 Å². The molecule has 0 unspecified atom stereocenters. The van der Waals surface area contributed by atoms with Crippen molar-refractivity contribution in [3.05, 3.63) is 11.4 Å². The van der Waals surface area contributed by atoms with E-state index in [4.69, 9.17) is 4.74 Å². The molecule has 0 aromatic carbocycles. The minimum atomic E-state index is -0.343. The smallest absolute Gasteiger partial charge is 0.275 e. The molecule has 1 aromatic heterocycles. The van der Waals surface area contributed by atoms with Crippen molar-refractivity contribution in [2.75, 3.05) is 53.4 Å². The third-order valence-electron chi connectivity index (χ3n) is 5.19. The summed E-state index contributed by atoms with van der Waals surface area (Å²) in [6, 6.07) is 0. The SMILES string of the molecule is Cc1nsnc1C(=O)N1CCC2(CC1)CN(CCN(C)C)C(=O)CCO2. The van der Waals surface area contributed by atoms with Crippen LogP contribution in [0.4, 0.5) is 0 Å². The van der Waals surface area contributed by atoms with Gasteiger partial charge in [0.05, 0.1) is 36.1 Å². The molecule has 0 N–H and O–H groups in total. The molecular formula is C17H27N5O3S. The van der Waals surface area contributed by atoms with Crippen molar-refractivity contribution in [3.63, 3.8) is 0 Å². The summed E-state index contributed by atoms with van der Waals surface area (Å²) in [5.41, 5.74) is 0.798. The van der Waals surface area contributed by atoms with Crippen LogP contribution in [0.15, 0.2) is 0 Å². The molecule has 3 rings (SSSR count). The van der Waals surface area contributed by atoms with Gasteiger partial charge in [-0.3, -0.25) is 9.59 Å². The molecule has 1 aromatic rings. The fourth-order valence-electron chi connectivity index (χ4n) is 3.51. The summed E-state index contributed by atoms with van der Waals surface area (Å²) in [6.07, 6.45) is 1.91. The zero-order valence-electron chi connectivity index (χ0n) is 15.7. The highest BCUT2D eigenvalue weighted by Crippen LogP contribution is 2.30. The number of ether oxygens (including phenoxy) is 1. The second kappa shape index (κ2) is 7.98. The quantitative estimate of drug-likeness (QED) is 0.761.